The number of benzene rings is 3. The average Bonchev–Trinajstić information content (AvgIpc) is 3.50. The first-order valence-corrected chi connectivity index (χ1v) is 10.8. The number of halogens is 1. The SMILES string of the molecule is O=C(C=Cc1ccc(-c2ccccc2[N+](=O)[O-])o1)Nc1ccc2oc(-c3ccccc3Cl)nc2c1. The number of oxazole rings is 1. The van der Waals surface area contributed by atoms with Crippen LogP contribution in [0.2, 0.25) is 5.02 Å². The van der Waals surface area contributed by atoms with Crippen LogP contribution in [0.15, 0.2) is 93.8 Å². The van der Waals surface area contributed by atoms with E-state index in [1.165, 1.54) is 18.2 Å². The third kappa shape index (κ3) is 4.68. The Morgan fingerprint density at radius 2 is 1.74 bits per heavy atom. The summed E-state index contributed by atoms with van der Waals surface area (Å²) >= 11 is 6.23. The van der Waals surface area contributed by atoms with Crippen LogP contribution in [0, 0.1) is 10.1 Å². The van der Waals surface area contributed by atoms with Crippen molar-refractivity contribution in [3.63, 3.8) is 0 Å². The summed E-state index contributed by atoms with van der Waals surface area (Å²) in [6, 6.07) is 21.9. The summed E-state index contributed by atoms with van der Waals surface area (Å²) in [6.45, 7) is 0. The van der Waals surface area contributed by atoms with Crippen LogP contribution < -0.4 is 5.32 Å². The Bertz CT molecular complexity index is 1600. The topological polar surface area (TPSA) is 111 Å². The molecule has 35 heavy (non-hydrogen) atoms. The quantitative estimate of drug-likeness (QED) is 0.158. The van der Waals surface area contributed by atoms with Crippen molar-refractivity contribution >= 4 is 46.1 Å². The van der Waals surface area contributed by atoms with Gasteiger partial charge in [-0.2, -0.15) is 0 Å². The van der Waals surface area contributed by atoms with E-state index < -0.39 is 4.92 Å². The Balaban J connectivity index is 1.30. The molecule has 0 atom stereocenters. The van der Waals surface area contributed by atoms with E-state index in [4.69, 9.17) is 20.4 Å². The van der Waals surface area contributed by atoms with Crippen molar-refractivity contribution in [2.75, 3.05) is 5.32 Å². The number of furan rings is 1. The number of nitro groups is 1. The van der Waals surface area contributed by atoms with Gasteiger partial charge in [0.25, 0.3) is 5.69 Å². The number of rotatable bonds is 6. The van der Waals surface area contributed by atoms with Crippen LogP contribution in [0.4, 0.5) is 11.4 Å². The Hall–Kier alpha value is -4.69. The fraction of sp³-hybridized carbons (Fsp3) is 0. The van der Waals surface area contributed by atoms with Crippen LogP contribution in [0.3, 0.4) is 0 Å². The summed E-state index contributed by atoms with van der Waals surface area (Å²) in [4.78, 5) is 27.7. The molecule has 0 saturated heterocycles. The zero-order valence-electron chi connectivity index (χ0n) is 18.0. The number of nitrogens with zero attached hydrogens (tertiary/aromatic N) is 2. The highest BCUT2D eigenvalue weighted by molar-refractivity contribution is 6.33. The van der Waals surface area contributed by atoms with E-state index in [-0.39, 0.29) is 11.6 Å². The molecule has 2 aromatic heterocycles. The zero-order valence-corrected chi connectivity index (χ0v) is 18.7. The molecule has 0 aliphatic rings. The molecule has 1 N–H and O–H groups in total. The number of carbonyl (C=O) groups is 1. The molecular formula is C26H16ClN3O5. The van der Waals surface area contributed by atoms with Gasteiger partial charge in [-0.3, -0.25) is 14.9 Å². The summed E-state index contributed by atoms with van der Waals surface area (Å²) in [5.41, 5.74) is 2.65. The Labute approximate surface area is 203 Å². The second-order valence-electron chi connectivity index (χ2n) is 7.48. The van der Waals surface area contributed by atoms with Crippen molar-refractivity contribution in [2.24, 2.45) is 0 Å². The molecule has 0 saturated carbocycles. The van der Waals surface area contributed by atoms with Crippen LogP contribution in [-0.2, 0) is 4.79 Å². The first-order valence-electron chi connectivity index (χ1n) is 10.5. The summed E-state index contributed by atoms with van der Waals surface area (Å²) in [5.74, 6) is 0.719. The van der Waals surface area contributed by atoms with Gasteiger partial charge in [-0.15, -0.1) is 0 Å². The lowest BCUT2D eigenvalue weighted by molar-refractivity contribution is -0.384. The van der Waals surface area contributed by atoms with E-state index in [0.29, 0.717) is 50.3 Å². The Morgan fingerprint density at radius 1 is 0.971 bits per heavy atom. The maximum absolute atomic E-state index is 12.4. The molecule has 5 rings (SSSR count). The minimum absolute atomic E-state index is 0.0592. The van der Waals surface area contributed by atoms with Gasteiger partial charge in [0.1, 0.15) is 17.0 Å². The van der Waals surface area contributed by atoms with Gasteiger partial charge in [0.2, 0.25) is 11.8 Å². The number of amides is 1. The Morgan fingerprint density at radius 3 is 2.54 bits per heavy atom. The number of fused-ring (bicyclic) bond motifs is 1. The van der Waals surface area contributed by atoms with E-state index in [1.54, 1.807) is 54.6 Å². The number of hydrogen-bond donors (Lipinski definition) is 1. The van der Waals surface area contributed by atoms with Gasteiger partial charge in [-0.05, 0) is 54.6 Å². The van der Waals surface area contributed by atoms with Gasteiger partial charge in [-0.25, -0.2) is 4.98 Å². The molecule has 0 aliphatic heterocycles. The smallest absolute Gasteiger partial charge is 0.280 e. The third-order valence-electron chi connectivity index (χ3n) is 5.15. The van der Waals surface area contributed by atoms with Crippen molar-refractivity contribution in [1.29, 1.82) is 0 Å². The standard InChI is InChI=1S/C26H16ClN3O5/c27-20-7-3-1-5-18(20)26-29-21-15-16(9-12-24(21)35-26)28-25(31)14-11-17-10-13-23(34-17)19-6-2-4-8-22(19)30(32)33/h1-15H,(H,28,31). The summed E-state index contributed by atoms with van der Waals surface area (Å²) in [5, 5.41) is 14.5. The lowest BCUT2D eigenvalue weighted by Crippen LogP contribution is -2.07. The van der Waals surface area contributed by atoms with Crippen molar-refractivity contribution < 1.29 is 18.6 Å². The van der Waals surface area contributed by atoms with Crippen molar-refractivity contribution in [3.8, 4) is 22.8 Å². The molecular weight excluding hydrogens is 470 g/mol. The zero-order chi connectivity index (χ0) is 24.4. The van der Waals surface area contributed by atoms with Crippen LogP contribution in [0.25, 0.3) is 40.0 Å². The number of aromatic nitrogens is 1. The summed E-state index contributed by atoms with van der Waals surface area (Å²) in [6.07, 6.45) is 2.79. The van der Waals surface area contributed by atoms with Crippen LogP contribution in [0.1, 0.15) is 5.76 Å². The highest BCUT2D eigenvalue weighted by Gasteiger charge is 2.17. The van der Waals surface area contributed by atoms with Crippen LogP contribution in [0.5, 0.6) is 0 Å². The second-order valence-corrected chi connectivity index (χ2v) is 7.89. The van der Waals surface area contributed by atoms with Gasteiger partial charge in [0.05, 0.1) is 21.1 Å². The lowest BCUT2D eigenvalue weighted by Gasteiger charge is -2.01. The number of nitro benzene ring substituents is 1. The number of nitrogens with one attached hydrogen (secondary N) is 1. The number of carbonyl (C=O) groups excluding carboxylic acids is 1. The fourth-order valence-electron chi connectivity index (χ4n) is 3.53. The van der Waals surface area contributed by atoms with Gasteiger partial charge < -0.3 is 14.2 Å². The fourth-order valence-corrected chi connectivity index (χ4v) is 3.74. The average molecular weight is 486 g/mol. The molecule has 0 bridgehead atoms. The molecule has 172 valence electrons. The summed E-state index contributed by atoms with van der Waals surface area (Å²) < 4.78 is 11.5. The van der Waals surface area contributed by atoms with Crippen molar-refractivity contribution in [2.45, 2.75) is 0 Å². The minimum atomic E-state index is -0.468. The molecule has 2 heterocycles. The molecule has 8 nitrogen and oxygen atoms in total. The maximum atomic E-state index is 12.4. The van der Waals surface area contributed by atoms with Crippen molar-refractivity contribution in [1.82, 2.24) is 4.98 Å². The predicted octanol–water partition coefficient (Wildman–Crippen LogP) is 6.97. The number of para-hydroxylation sites is 1. The third-order valence-corrected chi connectivity index (χ3v) is 5.48. The van der Waals surface area contributed by atoms with Crippen LogP contribution in [-0.4, -0.2) is 15.8 Å². The second kappa shape index (κ2) is 9.28. The van der Waals surface area contributed by atoms with E-state index in [0.717, 1.165) is 0 Å². The van der Waals surface area contributed by atoms with Gasteiger partial charge in [-0.1, -0.05) is 35.9 Å². The highest BCUT2D eigenvalue weighted by atomic mass is 35.5. The summed E-state index contributed by atoms with van der Waals surface area (Å²) in [7, 11) is 0. The van der Waals surface area contributed by atoms with E-state index in [1.807, 2.05) is 18.2 Å². The number of hydrogen-bond acceptors (Lipinski definition) is 6. The molecule has 0 unspecified atom stereocenters. The molecule has 0 spiro atoms. The van der Waals surface area contributed by atoms with E-state index >= 15 is 0 Å². The van der Waals surface area contributed by atoms with E-state index in [9.17, 15) is 14.9 Å². The first-order chi connectivity index (χ1) is 17.0. The molecule has 0 fully saturated rings. The molecule has 0 aliphatic carbocycles. The predicted molar refractivity (Wildman–Crippen MR) is 133 cm³/mol. The molecule has 1 amide bonds. The minimum Gasteiger partial charge on any atom is -0.456 e. The lowest BCUT2D eigenvalue weighted by atomic mass is 10.1. The van der Waals surface area contributed by atoms with Crippen molar-refractivity contribution in [3.05, 3.63) is 106 Å². The highest BCUT2D eigenvalue weighted by Crippen LogP contribution is 2.32. The molecule has 9 heteroatoms. The maximum Gasteiger partial charge on any atom is 0.280 e. The normalized spacial score (nSPS) is 11.2. The molecule has 5 aromatic rings. The van der Waals surface area contributed by atoms with E-state index in [2.05, 4.69) is 10.3 Å². The largest absolute Gasteiger partial charge is 0.456 e. The number of anilines is 1. The molecule has 0 radical (unpaired) electrons. The van der Waals surface area contributed by atoms with Gasteiger partial charge in [0, 0.05) is 17.8 Å². The van der Waals surface area contributed by atoms with Gasteiger partial charge >= 0.3 is 0 Å². The molecule has 3 aromatic carbocycles. The first kappa shape index (κ1) is 22.1. The van der Waals surface area contributed by atoms with Gasteiger partial charge in [0.15, 0.2) is 5.58 Å². The van der Waals surface area contributed by atoms with Crippen LogP contribution >= 0.6 is 11.6 Å². The monoisotopic (exact) mass is 485 g/mol. The Kier molecular flexibility index (Phi) is 5.87.